The first-order chi connectivity index (χ1) is 13.7. The highest BCUT2D eigenvalue weighted by atomic mass is 16.3. The monoisotopic (exact) mass is 373 g/mol. The number of nitrogen functional groups attached to an aromatic ring is 1. The number of hydrogen-bond acceptors (Lipinski definition) is 7. The van der Waals surface area contributed by atoms with Crippen molar-refractivity contribution in [1.82, 2.24) is 24.6 Å². The van der Waals surface area contributed by atoms with Gasteiger partial charge in [0.2, 0.25) is 0 Å². The van der Waals surface area contributed by atoms with Crippen molar-refractivity contribution in [3.05, 3.63) is 55.1 Å². The average Bonchev–Trinajstić information content (AvgIpc) is 3.30. The van der Waals surface area contributed by atoms with Gasteiger partial charge >= 0.3 is 0 Å². The number of nitrogens with two attached hydrogens (primary N) is 1. The molecule has 28 heavy (non-hydrogen) atoms. The second-order valence-electron chi connectivity index (χ2n) is 6.80. The minimum absolute atomic E-state index is 0.388. The van der Waals surface area contributed by atoms with Gasteiger partial charge in [-0.25, -0.2) is 14.5 Å². The number of nitrogens with zero attached hydrogens (tertiary/aromatic N) is 6. The molecule has 0 spiro atoms. The molecule has 1 aliphatic rings. The fraction of sp³-hybridized carbons (Fsp3) is 0.200. The smallest absolute Gasteiger partial charge is 0.166 e. The van der Waals surface area contributed by atoms with Gasteiger partial charge in [-0.1, -0.05) is 6.07 Å². The molecule has 1 atom stereocenters. The Balaban J connectivity index is 1.56. The molecule has 4 aromatic rings. The summed E-state index contributed by atoms with van der Waals surface area (Å²) < 4.78 is 1.68. The van der Waals surface area contributed by atoms with Crippen molar-refractivity contribution in [2.75, 3.05) is 17.2 Å². The van der Waals surface area contributed by atoms with Gasteiger partial charge in [-0.3, -0.25) is 4.98 Å². The Morgan fingerprint density at radius 1 is 1.07 bits per heavy atom. The fourth-order valence-electron chi connectivity index (χ4n) is 3.63. The molecule has 0 radical (unpaired) electrons. The zero-order valence-electron chi connectivity index (χ0n) is 15.1. The first kappa shape index (κ1) is 16.6. The van der Waals surface area contributed by atoms with E-state index >= 15 is 0 Å². The molecule has 4 aromatic heterocycles. The lowest BCUT2D eigenvalue weighted by Crippen LogP contribution is -2.29. The summed E-state index contributed by atoms with van der Waals surface area (Å²) in [5.74, 6) is 1.15. The predicted molar refractivity (Wildman–Crippen MR) is 106 cm³/mol. The number of rotatable bonds is 3. The summed E-state index contributed by atoms with van der Waals surface area (Å²) in [5.41, 5.74) is 10.1. The number of aromatic nitrogens is 5. The van der Waals surface area contributed by atoms with Crippen LogP contribution in [0.15, 0.2) is 55.1 Å². The summed E-state index contributed by atoms with van der Waals surface area (Å²) in [6, 6.07) is 9.53. The molecular weight excluding hydrogens is 354 g/mol. The van der Waals surface area contributed by atoms with Gasteiger partial charge in [0.25, 0.3) is 0 Å². The minimum Gasteiger partial charge on any atom is -0.382 e. The van der Waals surface area contributed by atoms with Crippen LogP contribution in [0.4, 0.5) is 11.6 Å². The van der Waals surface area contributed by atoms with Crippen LogP contribution >= 0.6 is 0 Å². The Morgan fingerprint density at radius 2 is 2.00 bits per heavy atom. The molecule has 1 fully saturated rings. The highest BCUT2D eigenvalue weighted by molar-refractivity contribution is 5.84. The van der Waals surface area contributed by atoms with E-state index in [0.29, 0.717) is 11.5 Å². The maximum absolute atomic E-state index is 10.1. The number of pyridine rings is 2. The second-order valence-corrected chi connectivity index (χ2v) is 6.80. The van der Waals surface area contributed by atoms with Gasteiger partial charge in [-0.15, -0.1) is 5.10 Å². The van der Waals surface area contributed by atoms with Crippen molar-refractivity contribution >= 4 is 17.3 Å². The molecular formula is C20H19N7O. The van der Waals surface area contributed by atoms with E-state index in [-0.39, 0.29) is 0 Å². The maximum atomic E-state index is 10.1. The Hall–Kier alpha value is -3.52. The van der Waals surface area contributed by atoms with Crippen molar-refractivity contribution in [3.63, 3.8) is 0 Å². The van der Waals surface area contributed by atoms with E-state index in [1.165, 1.54) is 0 Å². The number of hydrogen-bond donors (Lipinski definition) is 2. The number of anilines is 2. The van der Waals surface area contributed by atoms with Crippen LogP contribution in [-0.4, -0.2) is 42.4 Å². The second kappa shape index (κ2) is 6.58. The topological polar surface area (TPSA) is 105 Å². The Labute approximate surface area is 161 Å². The van der Waals surface area contributed by atoms with E-state index in [4.69, 9.17) is 5.73 Å². The summed E-state index contributed by atoms with van der Waals surface area (Å²) in [4.78, 5) is 15.3. The predicted octanol–water partition coefficient (Wildman–Crippen LogP) is 2.35. The molecule has 0 bridgehead atoms. The number of fused-ring (bicyclic) bond motifs is 1. The molecule has 8 nitrogen and oxygen atoms in total. The average molecular weight is 373 g/mol. The molecule has 1 aliphatic heterocycles. The van der Waals surface area contributed by atoms with E-state index in [2.05, 4.69) is 20.1 Å². The maximum Gasteiger partial charge on any atom is 0.166 e. The summed E-state index contributed by atoms with van der Waals surface area (Å²) >= 11 is 0. The SMILES string of the molecule is Nc1nn2cc(-c3ccnc(N4CCCC4O)c3)cnc2c1-c1ccccn1. The highest BCUT2D eigenvalue weighted by Crippen LogP contribution is 2.30. The zero-order chi connectivity index (χ0) is 19.1. The number of aliphatic hydroxyl groups is 1. The Bertz CT molecular complexity index is 1140. The largest absolute Gasteiger partial charge is 0.382 e. The van der Waals surface area contributed by atoms with Gasteiger partial charge in [0.05, 0.1) is 11.3 Å². The quantitative estimate of drug-likeness (QED) is 0.568. The molecule has 8 heteroatoms. The van der Waals surface area contributed by atoms with E-state index < -0.39 is 6.23 Å². The van der Waals surface area contributed by atoms with Crippen LogP contribution in [0.1, 0.15) is 12.8 Å². The highest BCUT2D eigenvalue weighted by Gasteiger charge is 2.23. The molecule has 0 aromatic carbocycles. The Morgan fingerprint density at radius 3 is 2.79 bits per heavy atom. The normalized spacial score (nSPS) is 16.8. The minimum atomic E-state index is -0.477. The van der Waals surface area contributed by atoms with E-state index in [1.807, 2.05) is 41.4 Å². The molecule has 5 heterocycles. The van der Waals surface area contributed by atoms with Gasteiger partial charge in [-0.05, 0) is 42.7 Å². The van der Waals surface area contributed by atoms with E-state index in [0.717, 1.165) is 47.6 Å². The summed E-state index contributed by atoms with van der Waals surface area (Å²) in [7, 11) is 0. The van der Waals surface area contributed by atoms with Crippen LogP contribution < -0.4 is 10.6 Å². The van der Waals surface area contributed by atoms with Crippen molar-refractivity contribution in [2.24, 2.45) is 0 Å². The van der Waals surface area contributed by atoms with Crippen LogP contribution in [0, 0.1) is 0 Å². The third-order valence-corrected chi connectivity index (χ3v) is 5.01. The van der Waals surface area contributed by atoms with Gasteiger partial charge in [0.1, 0.15) is 12.0 Å². The van der Waals surface area contributed by atoms with Crippen molar-refractivity contribution in [1.29, 1.82) is 0 Å². The molecule has 5 rings (SSSR count). The van der Waals surface area contributed by atoms with E-state index in [1.54, 1.807) is 23.1 Å². The first-order valence-electron chi connectivity index (χ1n) is 9.17. The third-order valence-electron chi connectivity index (χ3n) is 5.01. The van der Waals surface area contributed by atoms with Crippen LogP contribution in [0.2, 0.25) is 0 Å². The van der Waals surface area contributed by atoms with Crippen molar-refractivity contribution in [3.8, 4) is 22.4 Å². The van der Waals surface area contributed by atoms with Gasteiger partial charge < -0.3 is 15.7 Å². The Kier molecular flexibility index (Phi) is 3.91. The lowest BCUT2D eigenvalue weighted by molar-refractivity contribution is 0.185. The molecule has 1 saturated heterocycles. The molecule has 0 saturated carbocycles. The molecule has 1 unspecified atom stereocenters. The van der Waals surface area contributed by atoms with Gasteiger partial charge in [0.15, 0.2) is 11.5 Å². The fourth-order valence-corrected chi connectivity index (χ4v) is 3.63. The summed E-state index contributed by atoms with van der Waals surface area (Å²) in [6.45, 7) is 0.804. The van der Waals surface area contributed by atoms with Crippen LogP contribution in [0.3, 0.4) is 0 Å². The molecule has 0 aliphatic carbocycles. The standard InChI is InChI=1S/C20H19N7O/c21-19-18(15-4-1-2-7-22-15)20-24-11-14(12-27(20)25-19)13-6-8-23-16(10-13)26-9-3-5-17(26)28/h1-2,4,6-8,10-12,17,28H,3,5,9H2,(H2,21,25). The summed E-state index contributed by atoms with van der Waals surface area (Å²) in [6.07, 6.45) is 8.41. The molecule has 3 N–H and O–H groups in total. The van der Waals surface area contributed by atoms with Gasteiger partial charge in [0, 0.05) is 36.9 Å². The lowest BCUT2D eigenvalue weighted by Gasteiger charge is -2.21. The van der Waals surface area contributed by atoms with E-state index in [9.17, 15) is 5.11 Å². The van der Waals surface area contributed by atoms with Crippen LogP contribution in [0.5, 0.6) is 0 Å². The van der Waals surface area contributed by atoms with Crippen molar-refractivity contribution in [2.45, 2.75) is 19.1 Å². The van der Waals surface area contributed by atoms with Gasteiger partial charge in [-0.2, -0.15) is 0 Å². The van der Waals surface area contributed by atoms with Crippen LogP contribution in [-0.2, 0) is 0 Å². The third kappa shape index (κ3) is 2.74. The number of aliphatic hydroxyl groups excluding tert-OH is 1. The summed E-state index contributed by atoms with van der Waals surface area (Å²) in [5, 5.41) is 14.5. The first-order valence-corrected chi connectivity index (χ1v) is 9.17. The van der Waals surface area contributed by atoms with Crippen molar-refractivity contribution < 1.29 is 5.11 Å². The lowest BCUT2D eigenvalue weighted by atomic mass is 10.1. The van der Waals surface area contributed by atoms with Crippen LogP contribution in [0.25, 0.3) is 28.0 Å². The molecule has 0 amide bonds. The molecule has 140 valence electrons. The zero-order valence-corrected chi connectivity index (χ0v) is 15.1.